The highest BCUT2D eigenvalue weighted by molar-refractivity contribution is 7.72. The second-order valence-corrected chi connectivity index (χ2v) is 9.77. The maximum absolute atomic E-state index is 10.7. The van der Waals surface area contributed by atoms with E-state index in [0.717, 1.165) is 31.9 Å². The van der Waals surface area contributed by atoms with Crippen molar-refractivity contribution in [3.63, 3.8) is 0 Å². The monoisotopic (exact) mass is 503 g/mol. The Morgan fingerprint density at radius 2 is 2.12 bits per heavy atom. The molecule has 4 aromatic rings. The van der Waals surface area contributed by atoms with Gasteiger partial charge >= 0.3 is 0 Å². The molecule has 0 radical (unpaired) electrons. The van der Waals surface area contributed by atoms with Gasteiger partial charge < -0.3 is 19.9 Å². The van der Waals surface area contributed by atoms with Gasteiger partial charge in [0.1, 0.15) is 22.2 Å². The van der Waals surface area contributed by atoms with E-state index in [2.05, 4.69) is 15.4 Å². The van der Waals surface area contributed by atoms with Crippen molar-refractivity contribution in [2.45, 2.75) is 19.9 Å². The van der Waals surface area contributed by atoms with Gasteiger partial charge in [-0.15, -0.1) is 11.3 Å². The average Bonchev–Trinajstić information content (AvgIpc) is 3.39. The van der Waals surface area contributed by atoms with Crippen molar-refractivity contribution in [3.05, 3.63) is 41.7 Å². The molecule has 3 aromatic heterocycles. The van der Waals surface area contributed by atoms with E-state index in [1.54, 1.807) is 47.8 Å². The number of ether oxygens (including phenoxy) is 2. The first kappa shape index (κ1) is 23.9. The number of rotatable bonds is 11. The Labute approximate surface area is 202 Å². The van der Waals surface area contributed by atoms with E-state index in [4.69, 9.17) is 19.6 Å². The molecule has 0 spiro atoms. The highest BCUT2D eigenvalue weighted by atomic mass is 32.2. The van der Waals surface area contributed by atoms with Crippen LogP contribution in [0.5, 0.6) is 11.5 Å². The third-order valence-corrected chi connectivity index (χ3v) is 6.73. The molecule has 0 atom stereocenters. The zero-order valence-corrected chi connectivity index (χ0v) is 20.4. The number of nitrogens with zero attached hydrogens (tertiary/aromatic N) is 4. The minimum Gasteiger partial charge on any atom is -0.496 e. The SMILES string of the molecule is COc1cc(OCCC[SH](=O)=O)ccc1-c1c(C)sc2cnc(Nc3cnn(CCO)c3)nc12. The van der Waals surface area contributed by atoms with Crippen molar-refractivity contribution >= 4 is 43.9 Å². The number of hydrogen-bond acceptors (Lipinski definition) is 10. The van der Waals surface area contributed by atoms with Gasteiger partial charge in [-0.25, -0.2) is 18.4 Å². The maximum atomic E-state index is 10.7. The van der Waals surface area contributed by atoms with Gasteiger partial charge in [0, 0.05) is 28.3 Å². The Morgan fingerprint density at radius 1 is 1.26 bits per heavy atom. The smallest absolute Gasteiger partial charge is 0.227 e. The molecule has 12 heteroatoms. The van der Waals surface area contributed by atoms with E-state index in [1.807, 2.05) is 19.1 Å². The Morgan fingerprint density at radius 3 is 2.88 bits per heavy atom. The molecule has 10 nitrogen and oxygen atoms in total. The molecule has 180 valence electrons. The van der Waals surface area contributed by atoms with Crippen molar-refractivity contribution in [2.75, 3.05) is 31.4 Å². The maximum Gasteiger partial charge on any atom is 0.227 e. The summed E-state index contributed by atoms with van der Waals surface area (Å²) in [5.41, 5.74) is 3.35. The summed E-state index contributed by atoms with van der Waals surface area (Å²) >= 11 is 1.60. The summed E-state index contributed by atoms with van der Waals surface area (Å²) in [6.45, 7) is 2.76. The first-order valence-electron chi connectivity index (χ1n) is 10.6. The molecule has 0 aliphatic heterocycles. The molecule has 4 rings (SSSR count). The Bertz CT molecular complexity index is 1360. The highest BCUT2D eigenvalue weighted by Crippen LogP contribution is 2.42. The van der Waals surface area contributed by atoms with Crippen LogP contribution in [0, 0.1) is 6.92 Å². The molecule has 0 saturated heterocycles. The molecular weight excluding hydrogens is 478 g/mol. The second-order valence-electron chi connectivity index (χ2n) is 7.40. The van der Waals surface area contributed by atoms with Crippen LogP contribution in [0.25, 0.3) is 21.3 Å². The van der Waals surface area contributed by atoms with E-state index in [-0.39, 0.29) is 12.4 Å². The summed E-state index contributed by atoms with van der Waals surface area (Å²) in [5, 5.41) is 16.4. The number of aryl methyl sites for hydroxylation is 1. The summed E-state index contributed by atoms with van der Waals surface area (Å²) in [5.74, 6) is 1.78. The molecular formula is C22H25N5O5S2. The average molecular weight is 504 g/mol. The van der Waals surface area contributed by atoms with E-state index in [1.165, 1.54) is 0 Å². The summed E-state index contributed by atoms with van der Waals surface area (Å²) in [6.07, 6.45) is 5.65. The lowest BCUT2D eigenvalue weighted by Gasteiger charge is -2.12. The lowest BCUT2D eigenvalue weighted by Crippen LogP contribution is -2.02. The van der Waals surface area contributed by atoms with Gasteiger partial charge in [-0.2, -0.15) is 5.10 Å². The topological polar surface area (TPSA) is 128 Å². The molecule has 3 heterocycles. The predicted octanol–water partition coefficient (Wildman–Crippen LogP) is 2.99. The van der Waals surface area contributed by atoms with Gasteiger partial charge in [0.25, 0.3) is 0 Å². The number of anilines is 2. The van der Waals surface area contributed by atoms with E-state index < -0.39 is 10.7 Å². The van der Waals surface area contributed by atoms with Crippen molar-refractivity contribution < 1.29 is 23.0 Å². The predicted molar refractivity (Wildman–Crippen MR) is 132 cm³/mol. The van der Waals surface area contributed by atoms with E-state index >= 15 is 0 Å². The van der Waals surface area contributed by atoms with Crippen LogP contribution in [0.3, 0.4) is 0 Å². The Hall–Kier alpha value is -3.22. The van der Waals surface area contributed by atoms with Gasteiger partial charge in [-0.1, -0.05) is 0 Å². The third kappa shape index (κ3) is 5.46. The molecule has 0 aliphatic carbocycles. The number of thiol groups is 1. The zero-order chi connectivity index (χ0) is 24.1. The van der Waals surface area contributed by atoms with Crippen LogP contribution in [0.1, 0.15) is 11.3 Å². The van der Waals surface area contributed by atoms with Gasteiger partial charge in [-0.3, -0.25) is 4.68 Å². The number of aliphatic hydroxyl groups is 1. The van der Waals surface area contributed by atoms with Crippen LogP contribution < -0.4 is 14.8 Å². The number of aliphatic hydroxyl groups excluding tert-OH is 1. The van der Waals surface area contributed by atoms with Crippen molar-refractivity contribution in [1.82, 2.24) is 19.7 Å². The largest absolute Gasteiger partial charge is 0.496 e. The minimum atomic E-state index is -2.40. The van der Waals surface area contributed by atoms with Crippen molar-refractivity contribution in [2.24, 2.45) is 0 Å². The summed E-state index contributed by atoms with van der Waals surface area (Å²) in [4.78, 5) is 10.3. The quantitative estimate of drug-likeness (QED) is 0.209. The number of fused-ring (bicyclic) bond motifs is 1. The fourth-order valence-corrected chi connectivity index (χ4v) is 4.89. The molecule has 34 heavy (non-hydrogen) atoms. The van der Waals surface area contributed by atoms with Crippen LogP contribution in [-0.4, -0.2) is 59.3 Å². The van der Waals surface area contributed by atoms with E-state index in [9.17, 15) is 8.42 Å². The number of methoxy groups -OCH3 is 1. The fourth-order valence-electron chi connectivity index (χ4n) is 3.52. The highest BCUT2D eigenvalue weighted by Gasteiger charge is 2.18. The van der Waals surface area contributed by atoms with Crippen LogP contribution in [-0.2, 0) is 17.2 Å². The number of nitrogens with one attached hydrogen (secondary N) is 1. The first-order chi connectivity index (χ1) is 16.5. The first-order valence-corrected chi connectivity index (χ1v) is 12.8. The number of benzene rings is 1. The molecule has 0 aliphatic rings. The molecule has 0 amide bonds. The second kappa shape index (κ2) is 10.8. The normalized spacial score (nSPS) is 11.3. The molecule has 2 N–H and O–H groups in total. The zero-order valence-electron chi connectivity index (χ0n) is 18.7. The Balaban J connectivity index is 1.62. The third-order valence-electron chi connectivity index (χ3n) is 5.02. The van der Waals surface area contributed by atoms with E-state index in [0.29, 0.717) is 37.0 Å². The lowest BCUT2D eigenvalue weighted by molar-refractivity contribution is 0.269. The molecule has 1 aromatic carbocycles. The molecule has 0 unspecified atom stereocenters. The van der Waals surface area contributed by atoms with Crippen LogP contribution >= 0.6 is 11.3 Å². The van der Waals surface area contributed by atoms with Crippen LogP contribution in [0.2, 0.25) is 0 Å². The van der Waals surface area contributed by atoms with Crippen molar-refractivity contribution in [1.29, 1.82) is 0 Å². The number of hydrogen-bond donors (Lipinski definition) is 3. The fraction of sp³-hybridized carbons (Fsp3) is 0.318. The number of thiophene rings is 1. The Kier molecular flexibility index (Phi) is 7.60. The molecule has 0 fully saturated rings. The van der Waals surface area contributed by atoms with Crippen molar-refractivity contribution in [3.8, 4) is 22.6 Å². The minimum absolute atomic E-state index is 0.00819. The van der Waals surface area contributed by atoms with Crippen LogP contribution in [0.4, 0.5) is 11.6 Å². The van der Waals surface area contributed by atoms with Gasteiger partial charge in [-0.05, 0) is 25.5 Å². The van der Waals surface area contributed by atoms with Gasteiger partial charge in [0.05, 0.1) is 60.9 Å². The van der Waals surface area contributed by atoms with Gasteiger partial charge in [0.2, 0.25) is 5.95 Å². The van der Waals surface area contributed by atoms with Crippen LogP contribution in [0.15, 0.2) is 36.8 Å². The standard InChI is InChI=1S/C22H25N5O5S2/c1-14-20(17-5-4-16(10-18(17)31-2)32-8-3-9-34(29)30)21-19(33-14)12-23-22(26-21)25-15-11-24-27(13-15)6-7-28/h4-5,10-13,28,34H,3,6-9H2,1-2H3,(H,23,25,26). The summed E-state index contributed by atoms with van der Waals surface area (Å²) < 4.78 is 35.3. The lowest BCUT2D eigenvalue weighted by atomic mass is 10.0. The summed E-state index contributed by atoms with van der Waals surface area (Å²) in [7, 11) is -0.799. The number of aromatic nitrogens is 4. The molecule has 0 bridgehead atoms. The van der Waals surface area contributed by atoms with Gasteiger partial charge in [0.15, 0.2) is 0 Å². The summed E-state index contributed by atoms with van der Waals surface area (Å²) in [6, 6.07) is 5.56. The molecule has 0 saturated carbocycles.